The minimum atomic E-state index is -0.649. The van der Waals surface area contributed by atoms with Crippen LogP contribution in [0, 0.1) is 0 Å². The number of hydrogen-bond acceptors (Lipinski definition) is 6. The molecule has 1 atom stereocenters. The van der Waals surface area contributed by atoms with Crippen LogP contribution in [0.3, 0.4) is 0 Å². The molecular formula is C15H19ClN4O2. The zero-order chi connectivity index (χ0) is 15.9. The van der Waals surface area contributed by atoms with Gasteiger partial charge in [-0.1, -0.05) is 41.9 Å². The topological polar surface area (TPSA) is 84.5 Å². The van der Waals surface area contributed by atoms with Crippen molar-refractivity contribution in [1.29, 1.82) is 0 Å². The van der Waals surface area contributed by atoms with Crippen LogP contribution >= 0.6 is 11.6 Å². The fraction of sp³-hybridized carbons (Fsp3) is 0.333. The van der Waals surface area contributed by atoms with Crippen LogP contribution in [0.4, 0.5) is 11.8 Å². The molecule has 1 aromatic carbocycles. The van der Waals surface area contributed by atoms with Crippen molar-refractivity contribution in [2.75, 3.05) is 30.8 Å². The lowest BCUT2D eigenvalue weighted by Crippen LogP contribution is -2.32. The van der Waals surface area contributed by atoms with Gasteiger partial charge in [0.1, 0.15) is 11.0 Å². The van der Waals surface area contributed by atoms with Crippen molar-refractivity contribution in [1.82, 2.24) is 9.97 Å². The number of nitrogens with zero attached hydrogens (tertiary/aromatic N) is 3. The number of aliphatic hydroxyl groups excluding tert-OH is 1. The number of anilines is 2. The van der Waals surface area contributed by atoms with Gasteiger partial charge in [-0.2, -0.15) is 4.98 Å². The van der Waals surface area contributed by atoms with Gasteiger partial charge >= 0.3 is 0 Å². The Balaban J connectivity index is 1.79. The van der Waals surface area contributed by atoms with E-state index in [-0.39, 0.29) is 17.7 Å². The number of likely N-dealkylation sites (N-methyl/N-ethyl adjacent to an activating group) is 1. The molecular weight excluding hydrogens is 304 g/mol. The Bertz CT molecular complexity index is 577. The van der Waals surface area contributed by atoms with Crippen molar-refractivity contribution < 1.29 is 9.84 Å². The second kappa shape index (κ2) is 7.93. The molecule has 0 amide bonds. The predicted octanol–water partition coefficient (Wildman–Crippen LogP) is 1.73. The average Bonchev–Trinajstić information content (AvgIpc) is 2.47. The van der Waals surface area contributed by atoms with E-state index in [1.54, 1.807) is 18.0 Å². The van der Waals surface area contributed by atoms with Crippen molar-refractivity contribution >= 4 is 23.4 Å². The second-order valence-corrected chi connectivity index (χ2v) is 5.33. The number of benzene rings is 1. The summed E-state index contributed by atoms with van der Waals surface area (Å²) in [7, 11) is 1.79. The first-order valence-corrected chi connectivity index (χ1v) is 7.23. The van der Waals surface area contributed by atoms with Crippen molar-refractivity contribution in [2.24, 2.45) is 0 Å². The highest BCUT2D eigenvalue weighted by molar-refractivity contribution is 6.29. The number of halogens is 1. The van der Waals surface area contributed by atoms with E-state index in [2.05, 4.69) is 9.97 Å². The summed E-state index contributed by atoms with van der Waals surface area (Å²) < 4.78 is 5.51. The summed E-state index contributed by atoms with van der Waals surface area (Å²) in [6.07, 6.45) is -0.649. The van der Waals surface area contributed by atoms with Gasteiger partial charge in [0, 0.05) is 19.7 Å². The molecule has 1 unspecified atom stereocenters. The Labute approximate surface area is 134 Å². The van der Waals surface area contributed by atoms with Gasteiger partial charge in [0.25, 0.3) is 0 Å². The van der Waals surface area contributed by atoms with Gasteiger partial charge in [-0.3, -0.25) is 0 Å². The van der Waals surface area contributed by atoms with Crippen molar-refractivity contribution in [3.63, 3.8) is 0 Å². The van der Waals surface area contributed by atoms with Crippen molar-refractivity contribution in [2.45, 2.75) is 12.7 Å². The normalized spacial score (nSPS) is 12.1. The maximum atomic E-state index is 10.0. The van der Waals surface area contributed by atoms with Gasteiger partial charge < -0.3 is 20.5 Å². The Morgan fingerprint density at radius 1 is 1.32 bits per heavy atom. The van der Waals surface area contributed by atoms with E-state index >= 15 is 0 Å². The van der Waals surface area contributed by atoms with Gasteiger partial charge in [0.05, 0.1) is 19.3 Å². The maximum absolute atomic E-state index is 10.0. The van der Waals surface area contributed by atoms with Gasteiger partial charge in [-0.05, 0) is 5.56 Å². The monoisotopic (exact) mass is 322 g/mol. The Morgan fingerprint density at radius 2 is 2.05 bits per heavy atom. The third-order valence-corrected chi connectivity index (χ3v) is 3.19. The molecule has 6 nitrogen and oxygen atoms in total. The SMILES string of the molecule is CN(CC(O)COCc1ccccc1)c1cc(Cl)nc(N)n1. The summed E-state index contributed by atoms with van der Waals surface area (Å²) in [5.74, 6) is 0.656. The molecule has 0 aliphatic carbocycles. The molecule has 118 valence electrons. The molecule has 2 rings (SSSR count). The maximum Gasteiger partial charge on any atom is 0.223 e. The molecule has 0 aliphatic heterocycles. The van der Waals surface area contributed by atoms with Crippen LogP contribution in [0.25, 0.3) is 0 Å². The number of hydrogen-bond donors (Lipinski definition) is 2. The van der Waals surface area contributed by atoms with E-state index in [9.17, 15) is 5.11 Å². The zero-order valence-corrected chi connectivity index (χ0v) is 13.1. The smallest absolute Gasteiger partial charge is 0.223 e. The van der Waals surface area contributed by atoms with Gasteiger partial charge in [0.2, 0.25) is 5.95 Å². The third-order valence-electron chi connectivity index (χ3n) is 3.00. The average molecular weight is 323 g/mol. The number of aromatic nitrogens is 2. The van der Waals surface area contributed by atoms with Crippen LogP contribution in [0.2, 0.25) is 5.15 Å². The molecule has 7 heteroatoms. The van der Waals surface area contributed by atoms with E-state index in [0.717, 1.165) is 5.56 Å². The fourth-order valence-electron chi connectivity index (χ4n) is 1.97. The van der Waals surface area contributed by atoms with E-state index in [1.165, 1.54) is 0 Å². The van der Waals surface area contributed by atoms with E-state index in [4.69, 9.17) is 22.1 Å². The minimum absolute atomic E-state index is 0.101. The van der Waals surface area contributed by atoms with Crippen LogP contribution in [-0.4, -0.2) is 41.4 Å². The molecule has 1 aromatic heterocycles. The molecule has 0 radical (unpaired) electrons. The zero-order valence-electron chi connectivity index (χ0n) is 12.3. The van der Waals surface area contributed by atoms with Crippen LogP contribution in [-0.2, 0) is 11.3 Å². The molecule has 0 fully saturated rings. The minimum Gasteiger partial charge on any atom is -0.389 e. The molecule has 0 bridgehead atoms. The highest BCUT2D eigenvalue weighted by Gasteiger charge is 2.12. The first-order valence-electron chi connectivity index (χ1n) is 6.85. The molecule has 3 N–H and O–H groups in total. The van der Waals surface area contributed by atoms with Crippen molar-refractivity contribution in [3.05, 3.63) is 47.1 Å². The van der Waals surface area contributed by atoms with Gasteiger partial charge in [-0.25, -0.2) is 4.98 Å². The Hall–Kier alpha value is -1.89. The molecule has 1 heterocycles. The van der Waals surface area contributed by atoms with Crippen LogP contribution < -0.4 is 10.6 Å². The number of aliphatic hydroxyl groups is 1. The molecule has 22 heavy (non-hydrogen) atoms. The summed E-state index contributed by atoms with van der Waals surface area (Å²) in [5.41, 5.74) is 6.62. The lowest BCUT2D eigenvalue weighted by atomic mass is 10.2. The molecule has 0 spiro atoms. The van der Waals surface area contributed by atoms with Crippen LogP contribution in [0.15, 0.2) is 36.4 Å². The van der Waals surface area contributed by atoms with E-state index in [0.29, 0.717) is 19.0 Å². The fourth-order valence-corrected chi connectivity index (χ4v) is 2.15. The number of nitrogen functional groups attached to an aromatic ring is 1. The quantitative estimate of drug-likeness (QED) is 0.755. The first kappa shape index (κ1) is 16.5. The molecule has 0 aliphatic rings. The Morgan fingerprint density at radius 3 is 2.73 bits per heavy atom. The summed E-state index contributed by atoms with van der Waals surface area (Å²) in [4.78, 5) is 9.62. The number of rotatable bonds is 7. The summed E-state index contributed by atoms with van der Waals surface area (Å²) in [6, 6.07) is 11.4. The largest absolute Gasteiger partial charge is 0.389 e. The molecule has 0 saturated heterocycles. The van der Waals surface area contributed by atoms with Crippen molar-refractivity contribution in [3.8, 4) is 0 Å². The van der Waals surface area contributed by atoms with Gasteiger partial charge in [-0.15, -0.1) is 0 Å². The summed E-state index contributed by atoms with van der Waals surface area (Å²) in [6.45, 7) is 1.04. The number of ether oxygens (including phenoxy) is 1. The Kier molecular flexibility index (Phi) is 5.94. The van der Waals surface area contributed by atoms with Gasteiger partial charge in [0.15, 0.2) is 0 Å². The third kappa shape index (κ3) is 5.14. The highest BCUT2D eigenvalue weighted by Crippen LogP contribution is 2.16. The predicted molar refractivity (Wildman–Crippen MR) is 86.8 cm³/mol. The lowest BCUT2D eigenvalue weighted by Gasteiger charge is -2.22. The first-order chi connectivity index (χ1) is 10.5. The molecule has 2 aromatic rings. The van der Waals surface area contributed by atoms with E-state index < -0.39 is 6.10 Å². The lowest BCUT2D eigenvalue weighted by molar-refractivity contribution is 0.0324. The molecule has 0 saturated carbocycles. The summed E-state index contributed by atoms with van der Waals surface area (Å²) in [5, 5.41) is 10.3. The second-order valence-electron chi connectivity index (χ2n) is 4.94. The van der Waals surface area contributed by atoms with E-state index in [1.807, 2.05) is 30.3 Å². The number of nitrogens with two attached hydrogens (primary N) is 1. The standard InChI is InChI=1S/C15H19ClN4O2/c1-20(14-7-13(16)18-15(17)19-14)8-12(21)10-22-9-11-5-3-2-4-6-11/h2-7,12,21H,8-10H2,1H3,(H2,17,18,19). The van der Waals surface area contributed by atoms with Crippen LogP contribution in [0.1, 0.15) is 5.56 Å². The highest BCUT2D eigenvalue weighted by atomic mass is 35.5. The van der Waals surface area contributed by atoms with Crippen LogP contribution in [0.5, 0.6) is 0 Å². The summed E-state index contributed by atoms with van der Waals surface area (Å²) >= 11 is 5.84.